The molecule has 0 radical (unpaired) electrons. The highest BCUT2D eigenvalue weighted by Crippen LogP contribution is 2.49. The van der Waals surface area contributed by atoms with Crippen molar-refractivity contribution in [2.45, 2.75) is 29.8 Å². The third-order valence-electron chi connectivity index (χ3n) is 2.27. The number of ether oxygens (including phenoxy) is 2. The topological polar surface area (TPSA) is 80.0 Å². The molecule has 0 fully saturated rings. The van der Waals surface area contributed by atoms with Crippen molar-refractivity contribution in [3.63, 3.8) is 0 Å². The quantitative estimate of drug-likeness (QED) is 0.190. The Hall–Kier alpha value is -0.450. The second-order valence-corrected chi connectivity index (χ2v) is 6.37. The molecule has 0 amide bonds. The second-order valence-electron chi connectivity index (χ2n) is 4.21. The minimum absolute atomic E-state index is 0.331. The van der Waals surface area contributed by atoms with Crippen molar-refractivity contribution in [2.24, 2.45) is 5.90 Å². The number of rotatable bonds is 13. The van der Waals surface area contributed by atoms with Gasteiger partial charge in [-0.15, -0.1) is 4.52 Å². The fourth-order valence-electron chi connectivity index (χ4n) is 1.04. The lowest BCUT2D eigenvalue weighted by Gasteiger charge is -2.30. The van der Waals surface area contributed by atoms with E-state index in [0.717, 1.165) is 0 Å². The summed E-state index contributed by atoms with van der Waals surface area (Å²) in [6.45, 7) is -1.27. The van der Waals surface area contributed by atoms with Gasteiger partial charge in [0.05, 0.1) is 13.2 Å². The lowest BCUT2D eigenvalue weighted by Crippen LogP contribution is -2.55. The Morgan fingerprint density at radius 1 is 0.963 bits per heavy atom. The van der Waals surface area contributed by atoms with Crippen LogP contribution in [-0.4, -0.2) is 55.4 Å². The Morgan fingerprint density at radius 2 is 1.52 bits per heavy atom. The minimum Gasteiger partial charge on any atom is -0.378 e. The van der Waals surface area contributed by atoms with E-state index >= 15 is 0 Å². The molecule has 0 spiro atoms. The van der Waals surface area contributed by atoms with Crippen LogP contribution in [0.3, 0.4) is 0 Å². The first-order valence-corrected chi connectivity index (χ1v) is 8.37. The first-order chi connectivity index (χ1) is 12.1. The molecule has 162 valence electrons. The third kappa shape index (κ3) is 8.21. The van der Waals surface area contributed by atoms with Gasteiger partial charge in [0.25, 0.3) is 6.36 Å². The Labute approximate surface area is 149 Å². The summed E-state index contributed by atoms with van der Waals surface area (Å²) in [7, 11) is -2.62. The summed E-state index contributed by atoms with van der Waals surface area (Å²) in [6, 6.07) is 0. The van der Waals surface area contributed by atoms with Crippen LogP contribution >= 0.6 is 20.0 Å². The number of halogens is 10. The molecule has 0 saturated heterocycles. The molecule has 0 saturated carbocycles. The number of hydrogen-bond acceptors (Lipinski definition) is 7. The second kappa shape index (κ2) is 10.4. The molecule has 0 rings (SSSR count). The molecule has 0 aromatic carbocycles. The Kier molecular flexibility index (Phi) is 10.2. The molecule has 0 aliphatic rings. The van der Waals surface area contributed by atoms with E-state index in [4.69, 9.17) is 0 Å². The van der Waals surface area contributed by atoms with Crippen LogP contribution in [0.5, 0.6) is 0 Å². The van der Waals surface area contributed by atoms with Gasteiger partial charge < -0.3 is 4.74 Å². The molecule has 0 aliphatic heterocycles. The van der Waals surface area contributed by atoms with Gasteiger partial charge in [0.2, 0.25) is 0 Å². The number of thioether (sulfide) groups is 1. The molecule has 2 atom stereocenters. The summed E-state index contributed by atoms with van der Waals surface area (Å²) < 4.78 is 151. The largest absolute Gasteiger partial charge is 0.716 e. The van der Waals surface area contributed by atoms with Crippen molar-refractivity contribution in [1.82, 2.24) is 0 Å². The zero-order valence-corrected chi connectivity index (χ0v) is 14.4. The monoisotopic (exact) mass is 466 g/mol. The average Bonchev–Trinajstić information content (AvgIpc) is 2.51. The van der Waals surface area contributed by atoms with Crippen LogP contribution < -0.4 is 5.90 Å². The Bertz CT molecular complexity index is 482. The highest BCUT2D eigenvalue weighted by Gasteiger charge is 2.75. The van der Waals surface area contributed by atoms with Gasteiger partial charge in [0.1, 0.15) is 6.61 Å². The van der Waals surface area contributed by atoms with Gasteiger partial charge in [-0.2, -0.15) is 45.4 Å². The molecule has 2 unspecified atom stereocenters. The minimum atomic E-state index is -6.90. The maximum Gasteiger partial charge on any atom is 0.716 e. The highest BCUT2D eigenvalue weighted by atomic mass is 32.2. The van der Waals surface area contributed by atoms with Gasteiger partial charge in [0, 0.05) is 10.3 Å². The van der Waals surface area contributed by atoms with Crippen molar-refractivity contribution >= 4 is 20.0 Å². The van der Waals surface area contributed by atoms with Crippen LogP contribution in [-0.2, 0) is 23.2 Å². The molecule has 2 N–H and O–H groups in total. The van der Waals surface area contributed by atoms with Crippen LogP contribution in [0.25, 0.3) is 0 Å². The fourth-order valence-corrected chi connectivity index (χ4v) is 1.98. The lowest BCUT2D eigenvalue weighted by atomic mass is 10.3. The van der Waals surface area contributed by atoms with Crippen molar-refractivity contribution in [3.8, 4) is 0 Å². The van der Waals surface area contributed by atoms with E-state index in [1.165, 1.54) is 0 Å². The lowest BCUT2D eigenvalue weighted by molar-refractivity contribution is -0.446. The van der Waals surface area contributed by atoms with E-state index in [2.05, 4.69) is 24.5 Å². The van der Waals surface area contributed by atoms with Crippen molar-refractivity contribution in [3.05, 3.63) is 0 Å². The fraction of sp³-hybridized carbons (Fsp3) is 1.00. The SMILES string of the molecule is NO[P+](=O)OCCOCCSC(F)(F)C(F)OC(F)(F)C(F)(F)C(F)(F)F. The predicted molar refractivity (Wildman–Crippen MR) is 69.0 cm³/mol. The maximum atomic E-state index is 13.2. The first kappa shape index (κ1) is 26.6. The van der Waals surface area contributed by atoms with Crippen molar-refractivity contribution < 1.29 is 67.1 Å². The highest BCUT2D eigenvalue weighted by molar-refractivity contribution is 8.00. The first-order valence-electron chi connectivity index (χ1n) is 6.29. The summed E-state index contributed by atoms with van der Waals surface area (Å²) in [4.78, 5) is 0. The average molecular weight is 466 g/mol. The standard InChI is InChI=1S/C9H11F10NO5PS/c10-5(24-9(18,19)7(13,14)8(15,16)17)6(11,12)27-4-3-22-1-2-23-26(21)25-20/h5H,1-4,20H2/q+1. The summed E-state index contributed by atoms with van der Waals surface area (Å²) in [5.74, 6) is -3.25. The van der Waals surface area contributed by atoms with Crippen LogP contribution in [0, 0.1) is 0 Å². The summed E-state index contributed by atoms with van der Waals surface area (Å²) in [5, 5.41) is -4.90. The van der Waals surface area contributed by atoms with Gasteiger partial charge in [-0.05, 0) is 4.62 Å². The molecular weight excluding hydrogens is 455 g/mol. The van der Waals surface area contributed by atoms with Gasteiger partial charge in [-0.1, -0.05) is 11.8 Å². The third-order valence-corrected chi connectivity index (χ3v) is 3.78. The Balaban J connectivity index is 4.44. The van der Waals surface area contributed by atoms with Crippen molar-refractivity contribution in [1.29, 1.82) is 0 Å². The van der Waals surface area contributed by atoms with Gasteiger partial charge in [-0.3, -0.25) is 4.74 Å². The number of alkyl halides is 10. The smallest absolute Gasteiger partial charge is 0.378 e. The van der Waals surface area contributed by atoms with Crippen LogP contribution in [0.4, 0.5) is 43.9 Å². The predicted octanol–water partition coefficient (Wildman–Crippen LogP) is 4.00. The molecule has 0 aliphatic carbocycles. The van der Waals surface area contributed by atoms with Gasteiger partial charge >= 0.3 is 31.7 Å². The molecule has 0 bridgehead atoms. The molecule has 0 aromatic heterocycles. The maximum absolute atomic E-state index is 13.2. The normalized spacial score (nSPS) is 15.7. The Morgan fingerprint density at radius 3 is 2.00 bits per heavy atom. The van der Waals surface area contributed by atoms with Crippen LogP contribution in [0.15, 0.2) is 0 Å². The van der Waals surface area contributed by atoms with Crippen LogP contribution in [0.2, 0.25) is 0 Å². The molecule has 0 aromatic rings. The molecular formula is C9H11F10NO5PS+. The molecule has 6 nitrogen and oxygen atoms in total. The van der Waals surface area contributed by atoms with Crippen LogP contribution in [0.1, 0.15) is 0 Å². The van der Waals surface area contributed by atoms with E-state index in [9.17, 15) is 48.5 Å². The van der Waals surface area contributed by atoms with E-state index < -0.39 is 62.2 Å². The summed E-state index contributed by atoms with van der Waals surface area (Å²) in [6.07, 6.45) is -17.9. The zero-order chi connectivity index (χ0) is 21.5. The molecule has 0 heterocycles. The van der Waals surface area contributed by atoms with E-state index in [0.29, 0.717) is 0 Å². The molecule has 27 heavy (non-hydrogen) atoms. The van der Waals surface area contributed by atoms with E-state index in [1.54, 1.807) is 0 Å². The summed E-state index contributed by atoms with van der Waals surface area (Å²) >= 11 is -0.747. The number of nitrogens with two attached hydrogens (primary N) is 1. The van der Waals surface area contributed by atoms with E-state index in [1.807, 2.05) is 0 Å². The van der Waals surface area contributed by atoms with Gasteiger partial charge in [0.15, 0.2) is 0 Å². The zero-order valence-electron chi connectivity index (χ0n) is 12.7. The molecule has 18 heteroatoms. The summed E-state index contributed by atoms with van der Waals surface area (Å²) in [5.41, 5.74) is 0. The van der Waals surface area contributed by atoms with E-state index in [-0.39, 0.29) is 13.2 Å². The van der Waals surface area contributed by atoms with Gasteiger partial charge in [-0.25, -0.2) is 4.39 Å². The van der Waals surface area contributed by atoms with Crippen molar-refractivity contribution in [2.75, 3.05) is 25.6 Å². The number of hydrogen-bond donors (Lipinski definition) is 1.